The van der Waals surface area contributed by atoms with Gasteiger partial charge in [0.2, 0.25) is 0 Å². The van der Waals surface area contributed by atoms with E-state index in [4.69, 9.17) is 34.8 Å². The van der Waals surface area contributed by atoms with Crippen LogP contribution in [-0.4, -0.2) is 5.11 Å². The molecule has 0 amide bonds. The fourth-order valence-corrected chi connectivity index (χ4v) is 3.36. The van der Waals surface area contributed by atoms with Gasteiger partial charge in [0.25, 0.3) is 0 Å². The molecular weight excluding hydrogens is 318 g/mol. The second-order valence-electron chi connectivity index (χ2n) is 3.74. The summed E-state index contributed by atoms with van der Waals surface area (Å²) in [4.78, 5) is 0. The number of hydrogen-bond acceptors (Lipinski definition) is 2. The van der Waals surface area contributed by atoms with Crippen LogP contribution in [0, 0.1) is 5.82 Å². The summed E-state index contributed by atoms with van der Waals surface area (Å²) in [6.45, 7) is 0. The number of aliphatic hydroxyl groups excluding tert-OH is 1. The number of hydrogen-bond donors (Lipinski definition) is 1. The Balaban J connectivity index is 2.23. The molecular formula is C12H8Cl3FOS. The molecule has 0 bridgehead atoms. The third-order valence-corrected chi connectivity index (χ3v) is 4.35. The molecule has 1 aromatic heterocycles. The lowest BCUT2D eigenvalue weighted by molar-refractivity contribution is 0.179. The Bertz CT molecular complexity index is 570. The highest BCUT2D eigenvalue weighted by atomic mass is 35.5. The summed E-state index contributed by atoms with van der Waals surface area (Å²) in [5.74, 6) is -0.393. The molecule has 0 aliphatic carbocycles. The molecule has 1 atom stereocenters. The molecule has 1 unspecified atom stereocenters. The normalized spacial score (nSPS) is 12.7. The largest absolute Gasteiger partial charge is 0.388 e. The van der Waals surface area contributed by atoms with Gasteiger partial charge in [0.1, 0.15) is 10.2 Å². The minimum absolute atomic E-state index is 0.184. The lowest BCUT2D eigenvalue weighted by Crippen LogP contribution is -2.02. The zero-order valence-corrected chi connectivity index (χ0v) is 12.0. The number of halogens is 4. The Kier molecular flexibility index (Phi) is 4.51. The molecule has 2 aromatic rings. The first kappa shape index (κ1) is 14.1. The number of thiophene rings is 1. The molecule has 0 saturated carbocycles. The summed E-state index contributed by atoms with van der Waals surface area (Å²) >= 11 is 18.9. The van der Waals surface area contributed by atoms with Crippen LogP contribution >= 0.6 is 46.1 Å². The summed E-state index contributed by atoms with van der Waals surface area (Å²) in [6.07, 6.45) is -0.677. The van der Waals surface area contributed by atoms with E-state index in [0.717, 1.165) is 0 Å². The van der Waals surface area contributed by atoms with Gasteiger partial charge in [-0.25, -0.2) is 4.39 Å². The van der Waals surface area contributed by atoms with Crippen LogP contribution in [0.3, 0.4) is 0 Å². The second-order valence-corrected chi connectivity index (χ2v) is 6.43. The smallest absolute Gasteiger partial charge is 0.123 e. The number of benzene rings is 1. The molecule has 0 aliphatic heterocycles. The molecule has 0 fully saturated rings. The highest BCUT2D eigenvalue weighted by molar-refractivity contribution is 7.20. The van der Waals surface area contributed by atoms with Gasteiger partial charge in [-0.05, 0) is 29.8 Å². The Morgan fingerprint density at radius 1 is 1.22 bits per heavy atom. The minimum Gasteiger partial charge on any atom is -0.388 e. The first-order valence-electron chi connectivity index (χ1n) is 5.04. The van der Waals surface area contributed by atoms with Gasteiger partial charge >= 0.3 is 0 Å². The van der Waals surface area contributed by atoms with Crippen molar-refractivity contribution in [3.05, 3.63) is 54.9 Å². The average Bonchev–Trinajstić information content (AvgIpc) is 2.63. The molecule has 1 aromatic carbocycles. The SMILES string of the molecule is OC(Cc1cc(F)ccc1Cl)c1cc(Cl)sc1Cl. The van der Waals surface area contributed by atoms with Crippen molar-refractivity contribution in [2.45, 2.75) is 12.5 Å². The van der Waals surface area contributed by atoms with Crippen LogP contribution < -0.4 is 0 Å². The number of aliphatic hydroxyl groups is 1. The highest BCUT2D eigenvalue weighted by Gasteiger charge is 2.17. The molecule has 2 rings (SSSR count). The quantitative estimate of drug-likeness (QED) is 0.830. The van der Waals surface area contributed by atoms with E-state index < -0.39 is 11.9 Å². The lowest BCUT2D eigenvalue weighted by Gasteiger charge is -2.11. The molecule has 6 heteroatoms. The Morgan fingerprint density at radius 2 is 1.94 bits per heavy atom. The standard InChI is InChI=1S/C12H8Cl3FOS/c13-9-2-1-7(16)3-6(9)4-10(17)8-5-11(14)18-12(8)15/h1-3,5,10,17H,4H2. The van der Waals surface area contributed by atoms with Crippen LogP contribution in [-0.2, 0) is 6.42 Å². The van der Waals surface area contributed by atoms with Gasteiger partial charge < -0.3 is 5.11 Å². The monoisotopic (exact) mass is 324 g/mol. The Morgan fingerprint density at radius 3 is 2.56 bits per heavy atom. The zero-order valence-electron chi connectivity index (χ0n) is 8.96. The van der Waals surface area contributed by atoms with Crippen molar-refractivity contribution >= 4 is 46.1 Å². The van der Waals surface area contributed by atoms with Gasteiger partial charge in [-0.15, -0.1) is 11.3 Å². The van der Waals surface area contributed by atoms with Gasteiger partial charge in [-0.1, -0.05) is 34.8 Å². The van der Waals surface area contributed by atoms with E-state index in [1.807, 2.05) is 0 Å². The molecule has 0 aliphatic rings. The maximum atomic E-state index is 13.1. The van der Waals surface area contributed by atoms with E-state index in [9.17, 15) is 9.50 Å². The molecule has 1 nitrogen and oxygen atoms in total. The Hall–Kier alpha value is -0.320. The summed E-state index contributed by atoms with van der Waals surface area (Å²) in [6, 6.07) is 5.63. The van der Waals surface area contributed by atoms with Gasteiger partial charge in [-0.2, -0.15) is 0 Å². The van der Waals surface area contributed by atoms with Gasteiger partial charge in [-0.3, -0.25) is 0 Å². The van der Waals surface area contributed by atoms with E-state index in [1.54, 1.807) is 6.07 Å². The highest BCUT2D eigenvalue weighted by Crippen LogP contribution is 2.36. The van der Waals surface area contributed by atoms with E-state index >= 15 is 0 Å². The van der Waals surface area contributed by atoms with Gasteiger partial charge in [0.15, 0.2) is 0 Å². The number of rotatable bonds is 3. The van der Waals surface area contributed by atoms with Crippen molar-refractivity contribution < 1.29 is 9.50 Å². The van der Waals surface area contributed by atoms with Crippen LogP contribution in [0.25, 0.3) is 0 Å². The Labute approximate surface area is 123 Å². The van der Waals surface area contributed by atoms with Crippen LogP contribution in [0.5, 0.6) is 0 Å². The second kappa shape index (κ2) is 5.76. The summed E-state index contributed by atoms with van der Waals surface area (Å²) in [5.41, 5.74) is 1.06. The van der Waals surface area contributed by atoms with Crippen molar-refractivity contribution in [2.75, 3.05) is 0 Å². The van der Waals surface area contributed by atoms with Crippen molar-refractivity contribution in [1.82, 2.24) is 0 Å². The minimum atomic E-state index is -0.861. The van der Waals surface area contributed by atoms with Crippen LogP contribution in [0.4, 0.5) is 4.39 Å². The van der Waals surface area contributed by atoms with Gasteiger partial charge in [0.05, 0.1) is 10.4 Å². The first-order valence-corrected chi connectivity index (χ1v) is 6.99. The molecule has 0 spiro atoms. The van der Waals surface area contributed by atoms with E-state index in [0.29, 0.717) is 24.8 Å². The van der Waals surface area contributed by atoms with Crippen molar-refractivity contribution in [3.63, 3.8) is 0 Å². The average molecular weight is 326 g/mol. The first-order chi connectivity index (χ1) is 8.47. The molecule has 18 heavy (non-hydrogen) atoms. The predicted octanol–water partition coefficient (Wildman–Crippen LogP) is 5.12. The van der Waals surface area contributed by atoms with Crippen LogP contribution in [0.1, 0.15) is 17.2 Å². The molecule has 96 valence electrons. The van der Waals surface area contributed by atoms with E-state index in [2.05, 4.69) is 0 Å². The maximum Gasteiger partial charge on any atom is 0.123 e. The molecule has 0 saturated heterocycles. The fraction of sp³-hybridized carbons (Fsp3) is 0.167. The third-order valence-electron chi connectivity index (χ3n) is 2.46. The van der Waals surface area contributed by atoms with Crippen LogP contribution in [0.2, 0.25) is 13.7 Å². The summed E-state index contributed by atoms with van der Waals surface area (Å²) in [7, 11) is 0. The molecule has 0 radical (unpaired) electrons. The molecule has 1 N–H and O–H groups in total. The third kappa shape index (κ3) is 3.16. The molecule has 1 heterocycles. The van der Waals surface area contributed by atoms with Gasteiger partial charge in [0, 0.05) is 17.0 Å². The van der Waals surface area contributed by atoms with E-state index in [-0.39, 0.29) is 6.42 Å². The van der Waals surface area contributed by atoms with Crippen LogP contribution in [0.15, 0.2) is 24.3 Å². The van der Waals surface area contributed by atoms with E-state index in [1.165, 1.54) is 29.5 Å². The lowest BCUT2D eigenvalue weighted by atomic mass is 10.0. The maximum absolute atomic E-state index is 13.1. The zero-order chi connectivity index (χ0) is 13.3. The van der Waals surface area contributed by atoms with Crippen molar-refractivity contribution in [3.8, 4) is 0 Å². The fourth-order valence-electron chi connectivity index (χ4n) is 1.60. The summed E-state index contributed by atoms with van der Waals surface area (Å²) < 4.78 is 14.0. The summed E-state index contributed by atoms with van der Waals surface area (Å²) in [5, 5.41) is 10.5. The van der Waals surface area contributed by atoms with Crippen molar-refractivity contribution in [2.24, 2.45) is 0 Å². The predicted molar refractivity (Wildman–Crippen MR) is 74.4 cm³/mol. The van der Waals surface area contributed by atoms with Crippen molar-refractivity contribution in [1.29, 1.82) is 0 Å². The topological polar surface area (TPSA) is 20.2 Å².